The van der Waals surface area contributed by atoms with Crippen molar-refractivity contribution < 1.29 is 9.53 Å². The van der Waals surface area contributed by atoms with E-state index < -0.39 is 0 Å². The Labute approximate surface area is 152 Å². The number of amides is 1. The highest BCUT2D eigenvalue weighted by molar-refractivity contribution is 7.10. The number of carbonyl (C=O) groups is 1. The molecule has 1 amide bonds. The van der Waals surface area contributed by atoms with E-state index in [1.54, 1.807) is 17.5 Å². The van der Waals surface area contributed by atoms with Gasteiger partial charge in [-0.3, -0.25) is 4.79 Å². The summed E-state index contributed by atoms with van der Waals surface area (Å²) in [6, 6.07) is 10.2. The average molecular weight is 357 g/mol. The molecule has 2 fully saturated rings. The molecule has 4 heterocycles. The van der Waals surface area contributed by atoms with Crippen LogP contribution in [0.1, 0.15) is 24.1 Å². The van der Waals surface area contributed by atoms with Gasteiger partial charge in [0.2, 0.25) is 5.91 Å². The van der Waals surface area contributed by atoms with Gasteiger partial charge in [-0.15, -0.1) is 11.3 Å². The molecule has 2 aromatic rings. The van der Waals surface area contributed by atoms with Crippen LogP contribution in [0.15, 0.2) is 41.9 Å². The second kappa shape index (κ2) is 7.14. The van der Waals surface area contributed by atoms with Crippen LogP contribution in [0.2, 0.25) is 0 Å². The molecule has 4 rings (SSSR count). The fourth-order valence-corrected chi connectivity index (χ4v) is 4.48. The molecule has 6 heteroatoms. The van der Waals surface area contributed by atoms with Gasteiger partial charge in [-0.05, 0) is 42.8 Å². The van der Waals surface area contributed by atoms with E-state index in [0.29, 0.717) is 19.1 Å². The first-order valence-electron chi connectivity index (χ1n) is 8.84. The van der Waals surface area contributed by atoms with Gasteiger partial charge in [-0.1, -0.05) is 12.1 Å². The third kappa shape index (κ3) is 3.85. The van der Waals surface area contributed by atoms with Crippen molar-refractivity contribution >= 4 is 23.1 Å². The molecule has 132 valence electrons. The van der Waals surface area contributed by atoms with Crippen molar-refractivity contribution in [2.75, 3.05) is 25.0 Å². The van der Waals surface area contributed by atoms with Crippen molar-refractivity contribution in [2.24, 2.45) is 0 Å². The van der Waals surface area contributed by atoms with Crippen molar-refractivity contribution in [1.82, 2.24) is 9.88 Å². The summed E-state index contributed by atoms with van der Waals surface area (Å²) in [6.45, 7) is 2.29. The molecule has 0 unspecified atom stereocenters. The zero-order chi connectivity index (χ0) is 17.1. The second-order valence-electron chi connectivity index (χ2n) is 6.89. The summed E-state index contributed by atoms with van der Waals surface area (Å²) in [5.41, 5.74) is -0.0772. The number of hydrogen-bond acceptors (Lipinski definition) is 5. The first kappa shape index (κ1) is 16.5. The van der Waals surface area contributed by atoms with Crippen LogP contribution in [0, 0.1) is 0 Å². The monoisotopic (exact) mass is 357 g/mol. The van der Waals surface area contributed by atoms with Gasteiger partial charge in [0, 0.05) is 24.2 Å². The lowest BCUT2D eigenvalue weighted by atomic mass is 9.87. The lowest BCUT2D eigenvalue weighted by Gasteiger charge is -2.38. The van der Waals surface area contributed by atoms with Gasteiger partial charge in [0.15, 0.2) is 0 Å². The molecule has 1 atom stereocenters. The highest BCUT2D eigenvalue weighted by Gasteiger charge is 2.43. The summed E-state index contributed by atoms with van der Waals surface area (Å²) < 4.78 is 6.17. The van der Waals surface area contributed by atoms with Gasteiger partial charge < -0.3 is 15.0 Å². The van der Waals surface area contributed by atoms with Crippen LogP contribution < -0.4 is 5.32 Å². The van der Waals surface area contributed by atoms with E-state index in [1.807, 2.05) is 40.6 Å². The van der Waals surface area contributed by atoms with Crippen LogP contribution in [-0.4, -0.2) is 47.1 Å². The molecule has 2 saturated heterocycles. The maximum atomic E-state index is 12.4. The Morgan fingerprint density at radius 3 is 2.92 bits per heavy atom. The number of thiophene rings is 1. The van der Waals surface area contributed by atoms with E-state index in [0.717, 1.165) is 43.0 Å². The molecule has 0 bridgehead atoms. The fourth-order valence-electron chi connectivity index (χ4n) is 3.78. The number of piperidine rings is 1. The third-order valence-corrected chi connectivity index (χ3v) is 6.04. The largest absolute Gasteiger partial charge is 0.373 e. The van der Waals surface area contributed by atoms with E-state index >= 15 is 0 Å². The number of nitrogens with zero attached hydrogens (tertiary/aromatic N) is 2. The molecular formula is C19H23N3O2S. The SMILES string of the molecule is O=C(Cc1cccs1)N1CCC2(CC1)C[C@@H](Nc1ccccn1)CO2. The zero-order valence-electron chi connectivity index (χ0n) is 14.2. The summed E-state index contributed by atoms with van der Waals surface area (Å²) in [4.78, 5) is 19.9. The quantitative estimate of drug-likeness (QED) is 0.914. The van der Waals surface area contributed by atoms with Crippen molar-refractivity contribution in [2.45, 2.75) is 37.3 Å². The maximum absolute atomic E-state index is 12.4. The van der Waals surface area contributed by atoms with Crippen molar-refractivity contribution in [3.05, 3.63) is 46.8 Å². The number of hydrogen-bond donors (Lipinski definition) is 1. The molecule has 0 aliphatic carbocycles. The van der Waals surface area contributed by atoms with E-state index in [9.17, 15) is 4.79 Å². The first-order valence-corrected chi connectivity index (χ1v) is 9.72. The number of pyridine rings is 1. The number of anilines is 1. The summed E-state index contributed by atoms with van der Waals surface area (Å²) in [5, 5.41) is 5.48. The normalized spacial score (nSPS) is 22.2. The van der Waals surface area contributed by atoms with E-state index in [-0.39, 0.29) is 11.5 Å². The molecule has 0 saturated carbocycles. The predicted molar refractivity (Wildman–Crippen MR) is 98.8 cm³/mol. The summed E-state index contributed by atoms with van der Waals surface area (Å²) >= 11 is 1.65. The number of ether oxygens (including phenoxy) is 1. The van der Waals surface area contributed by atoms with Gasteiger partial charge in [-0.25, -0.2) is 4.98 Å². The van der Waals surface area contributed by atoms with Crippen molar-refractivity contribution in [3.63, 3.8) is 0 Å². The molecule has 25 heavy (non-hydrogen) atoms. The molecule has 0 radical (unpaired) electrons. The zero-order valence-corrected chi connectivity index (χ0v) is 15.0. The Balaban J connectivity index is 1.29. The lowest BCUT2D eigenvalue weighted by molar-refractivity contribution is -0.135. The van der Waals surface area contributed by atoms with Crippen molar-refractivity contribution in [1.29, 1.82) is 0 Å². The van der Waals surface area contributed by atoms with Crippen LogP contribution in [-0.2, 0) is 16.0 Å². The lowest BCUT2D eigenvalue weighted by Crippen LogP contribution is -2.47. The molecular weight excluding hydrogens is 334 g/mol. The van der Waals surface area contributed by atoms with E-state index in [1.165, 1.54) is 0 Å². The standard InChI is InChI=1S/C19H23N3O2S/c23-18(12-16-4-3-11-25-16)22-9-6-19(7-10-22)13-15(14-24-19)21-17-5-1-2-8-20-17/h1-5,8,11,15H,6-7,9-10,12-14H2,(H,20,21)/t15-/m1/s1. The van der Waals surface area contributed by atoms with Gasteiger partial charge in [0.1, 0.15) is 5.82 Å². The van der Waals surface area contributed by atoms with Crippen molar-refractivity contribution in [3.8, 4) is 0 Å². The number of rotatable bonds is 4. The summed E-state index contributed by atoms with van der Waals surface area (Å²) in [7, 11) is 0. The van der Waals surface area contributed by atoms with Gasteiger partial charge in [0.05, 0.1) is 24.7 Å². The van der Waals surface area contributed by atoms with E-state index in [4.69, 9.17) is 4.74 Å². The van der Waals surface area contributed by atoms with E-state index in [2.05, 4.69) is 10.3 Å². The maximum Gasteiger partial charge on any atom is 0.227 e. The predicted octanol–water partition coefficient (Wildman–Crippen LogP) is 2.95. The third-order valence-electron chi connectivity index (χ3n) is 5.16. The minimum Gasteiger partial charge on any atom is -0.373 e. The van der Waals surface area contributed by atoms with Crippen LogP contribution >= 0.6 is 11.3 Å². The second-order valence-corrected chi connectivity index (χ2v) is 7.92. The molecule has 1 spiro atoms. The molecule has 5 nitrogen and oxygen atoms in total. The highest BCUT2D eigenvalue weighted by Crippen LogP contribution is 2.37. The Bertz CT molecular complexity index is 697. The summed E-state index contributed by atoms with van der Waals surface area (Å²) in [5.74, 6) is 1.13. The number of aromatic nitrogens is 1. The van der Waals surface area contributed by atoms with Crippen LogP contribution in [0.4, 0.5) is 5.82 Å². The topological polar surface area (TPSA) is 54.5 Å². The number of nitrogens with one attached hydrogen (secondary N) is 1. The molecule has 2 aliphatic heterocycles. The van der Waals surface area contributed by atoms with Gasteiger partial charge in [0.25, 0.3) is 0 Å². The molecule has 1 N–H and O–H groups in total. The van der Waals surface area contributed by atoms with Crippen LogP contribution in [0.25, 0.3) is 0 Å². The van der Waals surface area contributed by atoms with Gasteiger partial charge in [-0.2, -0.15) is 0 Å². The number of carbonyl (C=O) groups excluding carboxylic acids is 1. The average Bonchev–Trinajstić information content (AvgIpc) is 3.27. The Morgan fingerprint density at radius 2 is 2.20 bits per heavy atom. The van der Waals surface area contributed by atoms with Crippen LogP contribution in [0.3, 0.4) is 0 Å². The highest BCUT2D eigenvalue weighted by atomic mass is 32.1. The van der Waals surface area contributed by atoms with Gasteiger partial charge >= 0.3 is 0 Å². The minimum atomic E-state index is -0.0772. The first-order chi connectivity index (χ1) is 12.2. The molecule has 0 aromatic carbocycles. The van der Waals surface area contributed by atoms with Crippen LogP contribution in [0.5, 0.6) is 0 Å². The summed E-state index contributed by atoms with van der Waals surface area (Å²) in [6.07, 6.45) is 5.14. The molecule has 2 aromatic heterocycles. The fraction of sp³-hybridized carbons (Fsp3) is 0.474. The smallest absolute Gasteiger partial charge is 0.227 e. The molecule has 2 aliphatic rings. The Morgan fingerprint density at radius 1 is 1.32 bits per heavy atom. The minimum absolute atomic E-state index is 0.0772. The Hall–Kier alpha value is -1.92. The number of likely N-dealkylation sites (tertiary alicyclic amines) is 1. The Kier molecular flexibility index (Phi) is 4.72.